The Labute approximate surface area is 100 Å². The zero-order valence-electron chi connectivity index (χ0n) is 9.52. The van der Waals surface area contributed by atoms with Crippen molar-refractivity contribution in [1.29, 1.82) is 0 Å². The number of ether oxygens (including phenoxy) is 1. The summed E-state index contributed by atoms with van der Waals surface area (Å²) in [5.41, 5.74) is 10.4. The molecule has 1 aliphatic rings. The van der Waals surface area contributed by atoms with E-state index in [2.05, 4.69) is 23.2 Å². The molecule has 1 aliphatic carbocycles. The minimum absolute atomic E-state index is 0.541. The van der Waals surface area contributed by atoms with Crippen LogP contribution in [0.2, 0.25) is 0 Å². The van der Waals surface area contributed by atoms with E-state index in [0.29, 0.717) is 13.2 Å². The van der Waals surface area contributed by atoms with E-state index in [4.69, 9.17) is 10.5 Å². The number of nitrogens with zero attached hydrogens (tertiary/aromatic N) is 1. The lowest BCUT2D eigenvalue weighted by Gasteiger charge is -2.06. The highest BCUT2D eigenvalue weighted by Gasteiger charge is 2.19. The Kier molecular flexibility index (Phi) is 2.53. The van der Waals surface area contributed by atoms with Crippen LogP contribution in [0.4, 0.5) is 0 Å². The summed E-state index contributed by atoms with van der Waals surface area (Å²) in [7, 11) is 0. The first-order valence-corrected chi connectivity index (χ1v) is 5.78. The van der Waals surface area contributed by atoms with Gasteiger partial charge in [-0.15, -0.1) is 0 Å². The lowest BCUT2D eigenvalue weighted by atomic mass is 10.1. The van der Waals surface area contributed by atoms with E-state index in [-0.39, 0.29) is 0 Å². The number of fused-ring (bicyclic) bond motifs is 3. The molecule has 0 fully saturated rings. The predicted molar refractivity (Wildman–Crippen MR) is 67.0 cm³/mol. The minimum Gasteiger partial charge on any atom is -0.492 e. The van der Waals surface area contributed by atoms with Gasteiger partial charge in [0.05, 0.1) is 5.69 Å². The summed E-state index contributed by atoms with van der Waals surface area (Å²) < 4.78 is 5.53. The third-order valence-corrected chi connectivity index (χ3v) is 3.00. The van der Waals surface area contributed by atoms with Crippen LogP contribution in [0.3, 0.4) is 0 Å². The van der Waals surface area contributed by atoms with Crippen molar-refractivity contribution < 1.29 is 4.74 Å². The molecule has 0 unspecified atom stereocenters. The summed E-state index contributed by atoms with van der Waals surface area (Å²) in [6.45, 7) is 1.10. The summed E-state index contributed by atoms with van der Waals surface area (Å²) in [5, 5.41) is 0. The van der Waals surface area contributed by atoms with Crippen LogP contribution >= 0.6 is 0 Å². The van der Waals surface area contributed by atoms with Crippen LogP contribution in [0.15, 0.2) is 36.5 Å². The van der Waals surface area contributed by atoms with E-state index in [0.717, 1.165) is 17.9 Å². The SMILES string of the molecule is NCCOc1ccc2c(c1)Cc1ncccc1-2. The Morgan fingerprint density at radius 3 is 3.06 bits per heavy atom. The molecule has 3 rings (SSSR count). The van der Waals surface area contributed by atoms with Gasteiger partial charge in [-0.1, -0.05) is 12.1 Å². The molecule has 2 N–H and O–H groups in total. The summed E-state index contributed by atoms with van der Waals surface area (Å²) in [6.07, 6.45) is 2.74. The fraction of sp³-hybridized carbons (Fsp3) is 0.214. The molecule has 17 heavy (non-hydrogen) atoms. The number of nitrogens with two attached hydrogens (primary N) is 1. The Morgan fingerprint density at radius 2 is 2.18 bits per heavy atom. The third-order valence-electron chi connectivity index (χ3n) is 3.00. The normalized spacial score (nSPS) is 12.1. The fourth-order valence-corrected chi connectivity index (χ4v) is 2.25. The van der Waals surface area contributed by atoms with E-state index in [1.807, 2.05) is 18.3 Å². The Bertz CT molecular complexity index is 552. The monoisotopic (exact) mass is 226 g/mol. The lowest BCUT2D eigenvalue weighted by Crippen LogP contribution is -2.10. The van der Waals surface area contributed by atoms with Crippen LogP contribution in [0.5, 0.6) is 5.75 Å². The van der Waals surface area contributed by atoms with Crippen LogP contribution in [0, 0.1) is 0 Å². The van der Waals surface area contributed by atoms with Gasteiger partial charge in [0.25, 0.3) is 0 Å². The molecular formula is C14H14N2O. The topological polar surface area (TPSA) is 48.1 Å². The molecule has 0 aliphatic heterocycles. The Morgan fingerprint density at radius 1 is 1.24 bits per heavy atom. The highest BCUT2D eigenvalue weighted by molar-refractivity contribution is 5.75. The molecule has 1 aromatic carbocycles. The third kappa shape index (κ3) is 1.78. The van der Waals surface area contributed by atoms with Gasteiger partial charge in [0.1, 0.15) is 12.4 Å². The van der Waals surface area contributed by atoms with Gasteiger partial charge in [-0.2, -0.15) is 0 Å². The highest BCUT2D eigenvalue weighted by atomic mass is 16.5. The van der Waals surface area contributed by atoms with Gasteiger partial charge in [-0.05, 0) is 29.3 Å². The number of aromatic nitrogens is 1. The van der Waals surface area contributed by atoms with Crippen molar-refractivity contribution in [2.75, 3.05) is 13.2 Å². The van der Waals surface area contributed by atoms with Crippen molar-refractivity contribution >= 4 is 0 Å². The molecule has 3 heteroatoms. The summed E-state index contributed by atoms with van der Waals surface area (Å²) in [6, 6.07) is 10.3. The summed E-state index contributed by atoms with van der Waals surface area (Å²) >= 11 is 0. The van der Waals surface area contributed by atoms with Crippen molar-refractivity contribution in [3.8, 4) is 16.9 Å². The molecule has 86 valence electrons. The second-order valence-corrected chi connectivity index (χ2v) is 4.13. The maximum atomic E-state index is 5.53. The minimum atomic E-state index is 0.541. The zero-order valence-corrected chi connectivity index (χ0v) is 9.52. The quantitative estimate of drug-likeness (QED) is 0.743. The predicted octanol–water partition coefficient (Wildman–Crippen LogP) is 1.99. The maximum absolute atomic E-state index is 5.53. The molecule has 0 radical (unpaired) electrons. The lowest BCUT2D eigenvalue weighted by molar-refractivity contribution is 0.328. The summed E-state index contributed by atoms with van der Waals surface area (Å²) in [5.74, 6) is 0.891. The summed E-state index contributed by atoms with van der Waals surface area (Å²) in [4.78, 5) is 4.40. The van der Waals surface area contributed by atoms with Crippen molar-refractivity contribution in [2.45, 2.75) is 6.42 Å². The van der Waals surface area contributed by atoms with Crippen molar-refractivity contribution in [3.05, 3.63) is 47.8 Å². The van der Waals surface area contributed by atoms with Gasteiger partial charge >= 0.3 is 0 Å². The Hall–Kier alpha value is -1.87. The molecule has 1 heterocycles. The molecule has 1 aromatic heterocycles. The van der Waals surface area contributed by atoms with Gasteiger partial charge < -0.3 is 10.5 Å². The second kappa shape index (κ2) is 4.18. The molecule has 0 amide bonds. The molecule has 0 saturated carbocycles. The average molecular weight is 226 g/mol. The van der Waals surface area contributed by atoms with Gasteiger partial charge in [-0.25, -0.2) is 0 Å². The van der Waals surface area contributed by atoms with Crippen LogP contribution in [0.1, 0.15) is 11.3 Å². The van der Waals surface area contributed by atoms with Gasteiger partial charge in [0, 0.05) is 24.7 Å². The van der Waals surface area contributed by atoms with Crippen LogP contribution in [-0.2, 0) is 6.42 Å². The molecule has 2 aromatic rings. The van der Waals surface area contributed by atoms with Gasteiger partial charge in [0.15, 0.2) is 0 Å². The van der Waals surface area contributed by atoms with E-state index in [9.17, 15) is 0 Å². The van der Waals surface area contributed by atoms with E-state index >= 15 is 0 Å². The van der Waals surface area contributed by atoms with Crippen molar-refractivity contribution in [2.24, 2.45) is 5.73 Å². The number of benzene rings is 1. The molecular weight excluding hydrogens is 212 g/mol. The Balaban J connectivity index is 1.95. The van der Waals surface area contributed by atoms with Crippen molar-refractivity contribution in [3.63, 3.8) is 0 Å². The second-order valence-electron chi connectivity index (χ2n) is 4.13. The van der Waals surface area contributed by atoms with E-state index < -0.39 is 0 Å². The van der Waals surface area contributed by atoms with E-state index in [1.165, 1.54) is 16.7 Å². The number of pyridine rings is 1. The molecule has 0 bridgehead atoms. The van der Waals surface area contributed by atoms with Gasteiger partial charge in [-0.3, -0.25) is 4.98 Å². The fourth-order valence-electron chi connectivity index (χ4n) is 2.25. The number of rotatable bonds is 3. The molecule has 0 saturated heterocycles. The smallest absolute Gasteiger partial charge is 0.119 e. The average Bonchev–Trinajstić information content (AvgIpc) is 2.74. The zero-order chi connectivity index (χ0) is 11.7. The van der Waals surface area contributed by atoms with Crippen LogP contribution < -0.4 is 10.5 Å². The van der Waals surface area contributed by atoms with Gasteiger partial charge in [0.2, 0.25) is 0 Å². The standard InChI is InChI=1S/C14H14N2O/c15-5-7-17-11-3-4-12-10(8-11)9-14-13(12)2-1-6-16-14/h1-4,6,8H,5,7,9,15H2. The largest absolute Gasteiger partial charge is 0.492 e. The molecule has 3 nitrogen and oxygen atoms in total. The number of hydrogen-bond donors (Lipinski definition) is 1. The first-order chi connectivity index (χ1) is 8.38. The van der Waals surface area contributed by atoms with Crippen LogP contribution in [-0.4, -0.2) is 18.1 Å². The first kappa shape index (κ1) is 10.3. The highest BCUT2D eigenvalue weighted by Crippen LogP contribution is 2.36. The number of hydrogen-bond acceptors (Lipinski definition) is 3. The maximum Gasteiger partial charge on any atom is 0.119 e. The first-order valence-electron chi connectivity index (χ1n) is 5.78. The molecule has 0 atom stereocenters. The van der Waals surface area contributed by atoms with E-state index in [1.54, 1.807) is 0 Å². The molecule has 0 spiro atoms. The van der Waals surface area contributed by atoms with Crippen molar-refractivity contribution in [1.82, 2.24) is 4.98 Å². The van der Waals surface area contributed by atoms with Crippen LogP contribution in [0.25, 0.3) is 11.1 Å².